The molecular weight excluding hydrogens is 238 g/mol. The molecule has 0 radical (unpaired) electrons. The number of hydrogen-bond donors (Lipinski definition) is 3. The highest BCUT2D eigenvalue weighted by Gasteiger charge is 2.23. The molecule has 2 rings (SSSR count). The number of nitrogens with two attached hydrogens (primary N) is 1. The zero-order valence-corrected chi connectivity index (χ0v) is 11.7. The van der Waals surface area contributed by atoms with Gasteiger partial charge < -0.3 is 16.4 Å². The normalized spacial score (nSPS) is 22.2. The molecule has 1 aliphatic rings. The molecule has 0 heterocycles. The van der Waals surface area contributed by atoms with Crippen molar-refractivity contribution in [2.75, 3.05) is 17.6 Å². The van der Waals surface area contributed by atoms with Crippen molar-refractivity contribution in [3.8, 4) is 0 Å². The molecule has 0 saturated heterocycles. The highest BCUT2D eigenvalue weighted by Crippen LogP contribution is 2.30. The second-order valence-electron chi connectivity index (χ2n) is 5.32. The summed E-state index contributed by atoms with van der Waals surface area (Å²) in [6.45, 7) is 4.79. The van der Waals surface area contributed by atoms with Crippen molar-refractivity contribution >= 4 is 17.3 Å². The average molecular weight is 261 g/mol. The Kier molecular flexibility index (Phi) is 4.30. The lowest BCUT2D eigenvalue weighted by Gasteiger charge is -2.20. The van der Waals surface area contributed by atoms with Gasteiger partial charge in [0, 0.05) is 18.2 Å². The van der Waals surface area contributed by atoms with Crippen LogP contribution in [0, 0.1) is 5.92 Å². The zero-order valence-electron chi connectivity index (χ0n) is 11.7. The molecule has 0 aromatic heterocycles. The molecule has 4 nitrogen and oxygen atoms in total. The van der Waals surface area contributed by atoms with E-state index in [9.17, 15) is 4.79 Å². The molecule has 4 heteroatoms. The number of hydrogen-bond acceptors (Lipinski definition) is 3. The van der Waals surface area contributed by atoms with Crippen LogP contribution in [0.15, 0.2) is 18.2 Å². The lowest BCUT2D eigenvalue weighted by Crippen LogP contribution is -2.24. The third-order valence-corrected chi connectivity index (χ3v) is 3.85. The second-order valence-corrected chi connectivity index (χ2v) is 5.32. The molecule has 0 bridgehead atoms. The number of nitrogen functional groups attached to an aromatic ring is 1. The SMILES string of the molecule is CCNC(=O)c1ccc(NC2CCCC2C)c(N)c1. The van der Waals surface area contributed by atoms with Crippen LogP contribution in [-0.2, 0) is 0 Å². The summed E-state index contributed by atoms with van der Waals surface area (Å²) in [5, 5.41) is 6.27. The number of benzene rings is 1. The van der Waals surface area contributed by atoms with Gasteiger partial charge in [-0.1, -0.05) is 13.3 Å². The fourth-order valence-electron chi connectivity index (χ4n) is 2.66. The zero-order chi connectivity index (χ0) is 13.8. The lowest BCUT2D eigenvalue weighted by molar-refractivity contribution is 0.0956. The van der Waals surface area contributed by atoms with Gasteiger partial charge in [-0.05, 0) is 43.9 Å². The summed E-state index contributed by atoms with van der Waals surface area (Å²) < 4.78 is 0. The van der Waals surface area contributed by atoms with Crippen LogP contribution in [0.2, 0.25) is 0 Å². The Morgan fingerprint density at radius 2 is 2.21 bits per heavy atom. The molecular formula is C15H23N3O. The number of carbonyl (C=O) groups excluding carboxylic acids is 1. The minimum Gasteiger partial charge on any atom is -0.397 e. The van der Waals surface area contributed by atoms with Crippen LogP contribution in [0.5, 0.6) is 0 Å². The molecule has 1 saturated carbocycles. The predicted octanol–water partition coefficient (Wildman–Crippen LogP) is 2.62. The van der Waals surface area contributed by atoms with Crippen LogP contribution >= 0.6 is 0 Å². The van der Waals surface area contributed by atoms with E-state index >= 15 is 0 Å². The molecule has 4 N–H and O–H groups in total. The summed E-state index contributed by atoms with van der Waals surface area (Å²) in [5.74, 6) is 0.609. The minimum atomic E-state index is -0.0741. The maximum absolute atomic E-state index is 11.7. The van der Waals surface area contributed by atoms with Crippen LogP contribution in [0.3, 0.4) is 0 Å². The van der Waals surface area contributed by atoms with Crippen molar-refractivity contribution in [3.63, 3.8) is 0 Å². The van der Waals surface area contributed by atoms with E-state index in [1.165, 1.54) is 19.3 Å². The first-order valence-electron chi connectivity index (χ1n) is 7.06. The van der Waals surface area contributed by atoms with Gasteiger partial charge in [0.25, 0.3) is 5.91 Å². The van der Waals surface area contributed by atoms with E-state index in [2.05, 4.69) is 17.6 Å². The molecule has 0 spiro atoms. The standard InChI is InChI=1S/C15H23N3O/c1-3-17-15(19)11-7-8-14(12(16)9-11)18-13-6-4-5-10(13)2/h7-10,13,18H,3-6,16H2,1-2H3,(H,17,19). The van der Waals surface area contributed by atoms with Crippen molar-refractivity contribution in [2.45, 2.75) is 39.2 Å². The Labute approximate surface area is 114 Å². The molecule has 1 fully saturated rings. The molecule has 19 heavy (non-hydrogen) atoms. The van der Waals surface area contributed by atoms with Gasteiger partial charge in [-0.15, -0.1) is 0 Å². The maximum atomic E-state index is 11.7. The average Bonchev–Trinajstić information content (AvgIpc) is 2.78. The van der Waals surface area contributed by atoms with Crippen molar-refractivity contribution in [1.29, 1.82) is 0 Å². The monoisotopic (exact) mass is 261 g/mol. The Hall–Kier alpha value is -1.71. The van der Waals surface area contributed by atoms with Crippen LogP contribution in [0.4, 0.5) is 11.4 Å². The molecule has 1 aromatic carbocycles. The Morgan fingerprint density at radius 1 is 1.42 bits per heavy atom. The van der Waals surface area contributed by atoms with E-state index in [4.69, 9.17) is 5.73 Å². The van der Waals surface area contributed by atoms with Crippen molar-refractivity contribution in [3.05, 3.63) is 23.8 Å². The topological polar surface area (TPSA) is 67.2 Å². The van der Waals surface area contributed by atoms with Gasteiger partial charge in [0.15, 0.2) is 0 Å². The van der Waals surface area contributed by atoms with Gasteiger partial charge in [0.2, 0.25) is 0 Å². The third kappa shape index (κ3) is 3.19. The van der Waals surface area contributed by atoms with Crippen molar-refractivity contribution in [2.24, 2.45) is 5.92 Å². The summed E-state index contributed by atoms with van der Waals surface area (Å²) >= 11 is 0. The fourth-order valence-corrected chi connectivity index (χ4v) is 2.66. The van der Waals surface area contributed by atoms with Crippen LogP contribution in [0.1, 0.15) is 43.5 Å². The fraction of sp³-hybridized carbons (Fsp3) is 0.533. The lowest BCUT2D eigenvalue weighted by atomic mass is 10.1. The van der Waals surface area contributed by atoms with E-state index in [1.54, 1.807) is 6.07 Å². The Morgan fingerprint density at radius 3 is 2.79 bits per heavy atom. The molecule has 2 unspecified atom stereocenters. The van der Waals surface area contributed by atoms with E-state index in [-0.39, 0.29) is 5.91 Å². The minimum absolute atomic E-state index is 0.0741. The molecule has 2 atom stereocenters. The Bertz CT molecular complexity index is 459. The van der Waals surface area contributed by atoms with Crippen molar-refractivity contribution in [1.82, 2.24) is 5.32 Å². The highest BCUT2D eigenvalue weighted by atomic mass is 16.1. The first-order chi connectivity index (χ1) is 9.11. The quantitative estimate of drug-likeness (QED) is 0.730. The van der Waals surface area contributed by atoms with Gasteiger partial charge in [0.1, 0.15) is 0 Å². The molecule has 1 amide bonds. The molecule has 0 aliphatic heterocycles. The number of anilines is 2. The first-order valence-corrected chi connectivity index (χ1v) is 7.06. The highest BCUT2D eigenvalue weighted by molar-refractivity contribution is 5.96. The van der Waals surface area contributed by atoms with Gasteiger partial charge in [0.05, 0.1) is 11.4 Å². The van der Waals surface area contributed by atoms with Gasteiger partial charge >= 0.3 is 0 Å². The van der Waals surface area contributed by atoms with Crippen LogP contribution in [0.25, 0.3) is 0 Å². The van der Waals surface area contributed by atoms with Crippen LogP contribution in [-0.4, -0.2) is 18.5 Å². The first kappa shape index (κ1) is 13.7. The molecule has 104 valence electrons. The number of carbonyl (C=O) groups is 1. The second kappa shape index (κ2) is 5.95. The van der Waals surface area contributed by atoms with Gasteiger partial charge in [-0.2, -0.15) is 0 Å². The van der Waals surface area contributed by atoms with Gasteiger partial charge in [-0.25, -0.2) is 0 Å². The number of amides is 1. The van der Waals surface area contributed by atoms with Crippen molar-refractivity contribution < 1.29 is 4.79 Å². The number of nitrogens with one attached hydrogen (secondary N) is 2. The summed E-state index contributed by atoms with van der Waals surface area (Å²) in [6, 6.07) is 5.97. The summed E-state index contributed by atoms with van der Waals surface area (Å²) in [6.07, 6.45) is 3.74. The molecule has 1 aromatic rings. The van der Waals surface area contributed by atoms with Gasteiger partial charge in [-0.3, -0.25) is 4.79 Å². The predicted molar refractivity (Wildman–Crippen MR) is 79.3 cm³/mol. The van der Waals surface area contributed by atoms with E-state index < -0.39 is 0 Å². The Balaban J connectivity index is 2.08. The number of rotatable bonds is 4. The van der Waals surface area contributed by atoms with E-state index in [1.807, 2.05) is 19.1 Å². The summed E-state index contributed by atoms with van der Waals surface area (Å²) in [5.41, 5.74) is 8.23. The third-order valence-electron chi connectivity index (χ3n) is 3.85. The smallest absolute Gasteiger partial charge is 0.251 e. The largest absolute Gasteiger partial charge is 0.397 e. The summed E-state index contributed by atoms with van der Waals surface area (Å²) in [4.78, 5) is 11.7. The van der Waals surface area contributed by atoms with E-state index in [0.29, 0.717) is 29.8 Å². The van der Waals surface area contributed by atoms with E-state index in [0.717, 1.165) is 5.69 Å². The maximum Gasteiger partial charge on any atom is 0.251 e. The molecule has 1 aliphatic carbocycles. The van der Waals surface area contributed by atoms with Crippen LogP contribution < -0.4 is 16.4 Å². The summed E-state index contributed by atoms with van der Waals surface area (Å²) in [7, 11) is 0.